The Hall–Kier alpha value is -0.540. The number of esters is 1. The molecule has 4 heteroatoms. The summed E-state index contributed by atoms with van der Waals surface area (Å²) in [6.45, 7) is 0. The largest absolute Gasteiger partial charge is 0.468 e. The highest BCUT2D eigenvalue weighted by Crippen LogP contribution is 2.25. The molecule has 0 spiro atoms. The van der Waals surface area contributed by atoms with Gasteiger partial charge in [-0.2, -0.15) is 0 Å². The second kappa shape index (κ2) is 3.74. The molecule has 0 aliphatic rings. The Morgan fingerprint density at radius 1 is 1.82 bits per heavy atom. The van der Waals surface area contributed by atoms with Gasteiger partial charge >= 0.3 is 5.97 Å². The lowest BCUT2D eigenvalue weighted by Crippen LogP contribution is -2.06. The second-order valence-corrected chi connectivity index (χ2v) is 3.32. The van der Waals surface area contributed by atoms with Crippen LogP contribution in [-0.2, 0) is 9.53 Å². The maximum atomic E-state index is 10.9. The Kier molecular flexibility index (Phi) is 2.91. The normalized spacial score (nSPS) is 12.5. The van der Waals surface area contributed by atoms with E-state index in [9.17, 15) is 4.79 Å². The predicted octanol–water partition coefficient (Wildman–Crippen LogP) is 2.20. The number of halogens is 1. The molecule has 1 rings (SSSR count). The maximum Gasteiger partial charge on any atom is 0.329 e. The minimum Gasteiger partial charge on any atom is -0.468 e. The van der Waals surface area contributed by atoms with Gasteiger partial charge in [0, 0.05) is 4.88 Å². The fraction of sp³-hybridized carbons (Fsp3) is 0.286. The first-order valence-electron chi connectivity index (χ1n) is 3.01. The van der Waals surface area contributed by atoms with Crippen LogP contribution in [0.1, 0.15) is 10.3 Å². The third kappa shape index (κ3) is 1.94. The van der Waals surface area contributed by atoms with E-state index in [4.69, 9.17) is 11.6 Å². The standard InChI is InChI=1S/C7H7ClO2S/c1-10-7(9)6(8)5-3-2-4-11-5/h2-4,6H,1H3. The predicted molar refractivity (Wildman–Crippen MR) is 44.9 cm³/mol. The Balaban J connectivity index is 2.70. The highest BCUT2D eigenvalue weighted by atomic mass is 35.5. The molecule has 0 N–H and O–H groups in total. The summed E-state index contributed by atoms with van der Waals surface area (Å²) in [5, 5.41) is 1.22. The van der Waals surface area contributed by atoms with Crippen molar-refractivity contribution in [1.29, 1.82) is 0 Å². The van der Waals surface area contributed by atoms with Gasteiger partial charge in [0.25, 0.3) is 0 Å². The molecule has 2 nitrogen and oxygen atoms in total. The number of methoxy groups -OCH3 is 1. The zero-order chi connectivity index (χ0) is 8.27. The fourth-order valence-electron chi connectivity index (χ4n) is 0.655. The van der Waals surface area contributed by atoms with Crippen LogP contribution in [0.25, 0.3) is 0 Å². The van der Waals surface area contributed by atoms with E-state index in [2.05, 4.69) is 4.74 Å². The van der Waals surface area contributed by atoms with Crippen molar-refractivity contribution in [2.24, 2.45) is 0 Å². The molecule has 1 aromatic rings. The highest BCUT2D eigenvalue weighted by Gasteiger charge is 2.18. The van der Waals surface area contributed by atoms with Gasteiger partial charge in [-0.05, 0) is 11.4 Å². The first-order chi connectivity index (χ1) is 5.25. The van der Waals surface area contributed by atoms with Crippen molar-refractivity contribution in [2.75, 3.05) is 7.11 Å². The SMILES string of the molecule is COC(=O)C(Cl)c1cccs1. The molecular weight excluding hydrogens is 184 g/mol. The number of hydrogen-bond donors (Lipinski definition) is 0. The van der Waals surface area contributed by atoms with Crippen molar-refractivity contribution in [2.45, 2.75) is 5.38 Å². The molecule has 1 heterocycles. The van der Waals surface area contributed by atoms with Crippen molar-refractivity contribution in [3.63, 3.8) is 0 Å². The zero-order valence-corrected chi connectivity index (χ0v) is 7.48. The number of thiophene rings is 1. The lowest BCUT2D eigenvalue weighted by Gasteiger charge is -2.02. The van der Waals surface area contributed by atoms with Crippen molar-refractivity contribution in [3.05, 3.63) is 22.4 Å². The summed E-state index contributed by atoms with van der Waals surface area (Å²) < 4.78 is 4.47. The van der Waals surface area contributed by atoms with Gasteiger partial charge in [-0.1, -0.05) is 6.07 Å². The van der Waals surface area contributed by atoms with E-state index in [0.29, 0.717) is 0 Å². The third-order valence-electron chi connectivity index (χ3n) is 1.20. The van der Waals surface area contributed by atoms with E-state index in [1.807, 2.05) is 11.4 Å². The van der Waals surface area contributed by atoms with Crippen LogP contribution in [0.2, 0.25) is 0 Å². The lowest BCUT2D eigenvalue weighted by atomic mass is 10.3. The van der Waals surface area contributed by atoms with E-state index in [1.165, 1.54) is 18.4 Å². The Labute approximate surface area is 73.7 Å². The van der Waals surface area contributed by atoms with Crippen LogP contribution in [-0.4, -0.2) is 13.1 Å². The lowest BCUT2D eigenvalue weighted by molar-refractivity contribution is -0.140. The number of alkyl halides is 1. The van der Waals surface area contributed by atoms with Gasteiger partial charge in [0.1, 0.15) is 0 Å². The average molecular weight is 191 g/mol. The zero-order valence-electron chi connectivity index (χ0n) is 5.91. The molecule has 11 heavy (non-hydrogen) atoms. The van der Waals surface area contributed by atoms with Crippen LogP contribution in [0, 0.1) is 0 Å². The molecule has 0 aliphatic carbocycles. The molecule has 0 saturated heterocycles. The summed E-state index contributed by atoms with van der Waals surface area (Å²) in [6.07, 6.45) is 0. The molecule has 0 saturated carbocycles. The molecule has 1 atom stereocenters. The van der Waals surface area contributed by atoms with Gasteiger partial charge in [0.15, 0.2) is 5.38 Å². The van der Waals surface area contributed by atoms with Crippen molar-refractivity contribution in [1.82, 2.24) is 0 Å². The molecule has 0 bridgehead atoms. The molecule has 0 radical (unpaired) electrons. The van der Waals surface area contributed by atoms with E-state index in [0.717, 1.165) is 4.88 Å². The molecule has 0 amide bonds. The van der Waals surface area contributed by atoms with Gasteiger partial charge in [0.05, 0.1) is 7.11 Å². The van der Waals surface area contributed by atoms with Gasteiger partial charge in [-0.25, -0.2) is 0 Å². The summed E-state index contributed by atoms with van der Waals surface area (Å²) in [6, 6.07) is 3.65. The van der Waals surface area contributed by atoms with Crippen LogP contribution >= 0.6 is 22.9 Å². The minimum absolute atomic E-state index is 0.408. The second-order valence-electron chi connectivity index (χ2n) is 1.90. The number of rotatable bonds is 2. The molecule has 0 aromatic carbocycles. The van der Waals surface area contributed by atoms with Crippen LogP contribution in [0.15, 0.2) is 17.5 Å². The quantitative estimate of drug-likeness (QED) is 0.528. The van der Waals surface area contributed by atoms with Crippen LogP contribution in [0.5, 0.6) is 0 Å². The van der Waals surface area contributed by atoms with E-state index in [-0.39, 0.29) is 0 Å². The van der Waals surface area contributed by atoms with E-state index < -0.39 is 11.3 Å². The summed E-state index contributed by atoms with van der Waals surface area (Å²) >= 11 is 7.18. The van der Waals surface area contributed by atoms with Gasteiger partial charge < -0.3 is 4.74 Å². The maximum absolute atomic E-state index is 10.9. The van der Waals surface area contributed by atoms with Crippen molar-refractivity contribution >= 4 is 28.9 Å². The van der Waals surface area contributed by atoms with Gasteiger partial charge in [-0.3, -0.25) is 4.79 Å². The Morgan fingerprint density at radius 2 is 2.55 bits per heavy atom. The fourth-order valence-corrected chi connectivity index (χ4v) is 1.66. The summed E-state index contributed by atoms with van der Waals surface area (Å²) in [4.78, 5) is 11.7. The first-order valence-corrected chi connectivity index (χ1v) is 4.32. The molecule has 0 aliphatic heterocycles. The molecule has 0 fully saturated rings. The van der Waals surface area contributed by atoms with E-state index >= 15 is 0 Å². The van der Waals surface area contributed by atoms with Gasteiger partial charge in [0.2, 0.25) is 0 Å². The summed E-state index contributed by atoms with van der Waals surface area (Å²) in [5.41, 5.74) is 0. The number of ether oxygens (including phenoxy) is 1. The Bertz CT molecular complexity index is 233. The molecule has 60 valence electrons. The van der Waals surface area contributed by atoms with Gasteiger partial charge in [-0.15, -0.1) is 22.9 Å². The monoisotopic (exact) mass is 190 g/mol. The minimum atomic E-state index is -0.653. The first kappa shape index (κ1) is 8.56. The smallest absolute Gasteiger partial charge is 0.329 e. The highest BCUT2D eigenvalue weighted by molar-refractivity contribution is 7.10. The number of carbonyl (C=O) groups is 1. The van der Waals surface area contributed by atoms with Crippen LogP contribution < -0.4 is 0 Å². The molecule has 1 unspecified atom stereocenters. The Morgan fingerprint density at radius 3 is 3.00 bits per heavy atom. The van der Waals surface area contributed by atoms with Crippen molar-refractivity contribution in [3.8, 4) is 0 Å². The van der Waals surface area contributed by atoms with Crippen LogP contribution in [0.3, 0.4) is 0 Å². The molecular formula is C7H7ClO2S. The van der Waals surface area contributed by atoms with E-state index in [1.54, 1.807) is 6.07 Å². The summed E-state index contributed by atoms with van der Waals surface area (Å²) in [7, 11) is 1.32. The topological polar surface area (TPSA) is 26.3 Å². The summed E-state index contributed by atoms with van der Waals surface area (Å²) in [5.74, 6) is -0.408. The number of hydrogen-bond acceptors (Lipinski definition) is 3. The molecule has 1 aromatic heterocycles. The van der Waals surface area contributed by atoms with Crippen LogP contribution in [0.4, 0.5) is 0 Å². The third-order valence-corrected chi connectivity index (χ3v) is 2.68. The van der Waals surface area contributed by atoms with Crippen molar-refractivity contribution < 1.29 is 9.53 Å². The average Bonchev–Trinajstić information content (AvgIpc) is 2.53. The number of carbonyl (C=O) groups excluding carboxylic acids is 1.